The minimum absolute atomic E-state index is 0.0180. The highest BCUT2D eigenvalue weighted by atomic mass is 16.5. The number of aromatic nitrogens is 1. The first-order valence-corrected chi connectivity index (χ1v) is 4.45. The van der Waals surface area contributed by atoms with Crippen LogP contribution in [0, 0.1) is 11.8 Å². The van der Waals surface area contributed by atoms with Crippen LogP contribution in [0.4, 0.5) is 0 Å². The molecule has 5 heteroatoms. The number of nitrogens with two attached hydrogens (primary N) is 1. The molecule has 16 heavy (non-hydrogen) atoms. The van der Waals surface area contributed by atoms with Crippen LogP contribution in [-0.4, -0.2) is 24.0 Å². The van der Waals surface area contributed by atoms with Gasteiger partial charge in [0.25, 0.3) is 0 Å². The molecular weight excluding hydrogens is 208 g/mol. The first kappa shape index (κ1) is 11.7. The second-order valence-electron chi connectivity index (χ2n) is 2.87. The molecular formula is C11H10N2O3. The molecule has 82 valence electrons. The highest BCUT2D eigenvalue weighted by molar-refractivity contribution is 5.87. The van der Waals surface area contributed by atoms with Gasteiger partial charge >= 0.3 is 5.97 Å². The van der Waals surface area contributed by atoms with Crippen LogP contribution in [0.1, 0.15) is 22.5 Å². The molecule has 0 atom stereocenters. The van der Waals surface area contributed by atoms with Gasteiger partial charge in [-0.05, 0) is 12.1 Å². The summed E-state index contributed by atoms with van der Waals surface area (Å²) in [7, 11) is 1.27. The topological polar surface area (TPSA) is 82.3 Å². The van der Waals surface area contributed by atoms with Crippen LogP contribution in [-0.2, 0) is 9.53 Å². The number of primary amides is 1. The molecule has 1 amide bonds. The van der Waals surface area contributed by atoms with Gasteiger partial charge in [0.2, 0.25) is 5.91 Å². The number of methoxy groups -OCH3 is 1. The Morgan fingerprint density at radius 2 is 2.31 bits per heavy atom. The molecule has 1 heterocycles. The SMILES string of the molecule is COC(=O)c1cc(C#CCC(N)=O)ccn1. The molecule has 0 fully saturated rings. The predicted octanol–water partition coefficient (Wildman–Crippen LogP) is 0.0951. The van der Waals surface area contributed by atoms with Crippen LogP contribution in [0.25, 0.3) is 0 Å². The van der Waals surface area contributed by atoms with E-state index >= 15 is 0 Å². The van der Waals surface area contributed by atoms with Gasteiger partial charge in [-0.25, -0.2) is 9.78 Å². The number of amides is 1. The molecule has 1 aromatic heterocycles. The Labute approximate surface area is 92.6 Å². The maximum absolute atomic E-state index is 11.1. The highest BCUT2D eigenvalue weighted by Crippen LogP contribution is 2.01. The van der Waals surface area contributed by atoms with Crippen molar-refractivity contribution in [2.45, 2.75) is 6.42 Å². The van der Waals surface area contributed by atoms with E-state index in [0.29, 0.717) is 5.56 Å². The zero-order chi connectivity index (χ0) is 12.0. The average molecular weight is 218 g/mol. The Kier molecular flexibility index (Phi) is 4.04. The van der Waals surface area contributed by atoms with Gasteiger partial charge in [-0.3, -0.25) is 4.79 Å². The number of esters is 1. The minimum Gasteiger partial charge on any atom is -0.464 e. The smallest absolute Gasteiger partial charge is 0.356 e. The molecule has 0 aliphatic carbocycles. The summed E-state index contributed by atoms with van der Waals surface area (Å²) in [6.07, 6.45) is 1.43. The van der Waals surface area contributed by atoms with E-state index in [4.69, 9.17) is 5.73 Å². The number of hydrogen-bond acceptors (Lipinski definition) is 4. The van der Waals surface area contributed by atoms with Crippen LogP contribution in [0.2, 0.25) is 0 Å². The lowest BCUT2D eigenvalue weighted by atomic mass is 10.2. The fourth-order valence-corrected chi connectivity index (χ4v) is 0.958. The number of rotatable bonds is 2. The third kappa shape index (κ3) is 3.42. The molecule has 0 spiro atoms. The van der Waals surface area contributed by atoms with Crippen LogP contribution < -0.4 is 5.73 Å². The average Bonchev–Trinajstić information content (AvgIpc) is 2.28. The van der Waals surface area contributed by atoms with Gasteiger partial charge in [0.05, 0.1) is 13.5 Å². The van der Waals surface area contributed by atoms with Gasteiger partial charge in [0.15, 0.2) is 0 Å². The van der Waals surface area contributed by atoms with Gasteiger partial charge in [-0.1, -0.05) is 11.8 Å². The summed E-state index contributed by atoms with van der Waals surface area (Å²) in [5.41, 5.74) is 5.68. The largest absolute Gasteiger partial charge is 0.464 e. The summed E-state index contributed by atoms with van der Waals surface area (Å²) in [6.45, 7) is 0. The normalized spacial score (nSPS) is 8.81. The van der Waals surface area contributed by atoms with Crippen molar-refractivity contribution in [1.82, 2.24) is 4.98 Å². The minimum atomic E-state index is -0.529. The molecule has 2 N–H and O–H groups in total. The molecule has 1 rings (SSSR count). The Morgan fingerprint density at radius 1 is 1.56 bits per heavy atom. The molecule has 0 radical (unpaired) electrons. The molecule has 0 bridgehead atoms. The van der Waals surface area contributed by atoms with Crippen molar-refractivity contribution in [2.24, 2.45) is 5.73 Å². The first-order chi connectivity index (χ1) is 7.63. The van der Waals surface area contributed by atoms with Gasteiger partial charge in [0, 0.05) is 11.8 Å². The number of pyridine rings is 1. The summed E-state index contributed by atoms with van der Waals surface area (Å²) < 4.78 is 4.51. The van der Waals surface area contributed by atoms with Crippen LogP contribution in [0.5, 0.6) is 0 Å². The van der Waals surface area contributed by atoms with E-state index in [2.05, 4.69) is 21.6 Å². The van der Waals surface area contributed by atoms with Crippen molar-refractivity contribution < 1.29 is 14.3 Å². The number of nitrogens with zero attached hydrogens (tertiary/aromatic N) is 1. The van der Waals surface area contributed by atoms with Crippen molar-refractivity contribution in [2.75, 3.05) is 7.11 Å². The van der Waals surface area contributed by atoms with Crippen LogP contribution in [0.15, 0.2) is 18.3 Å². The fourth-order valence-electron chi connectivity index (χ4n) is 0.958. The Balaban J connectivity index is 2.85. The molecule has 0 aromatic carbocycles. The standard InChI is InChI=1S/C11H10N2O3/c1-16-11(15)9-7-8(5-6-13-9)3-2-4-10(12)14/h5-7H,4H2,1H3,(H2,12,14). The number of ether oxygens (including phenoxy) is 1. The van der Waals surface area contributed by atoms with Gasteiger partial charge in [-0.15, -0.1) is 0 Å². The van der Waals surface area contributed by atoms with E-state index in [0.717, 1.165) is 0 Å². The summed E-state index contributed by atoms with van der Waals surface area (Å²) >= 11 is 0. The maximum Gasteiger partial charge on any atom is 0.356 e. The zero-order valence-corrected chi connectivity index (χ0v) is 8.69. The highest BCUT2D eigenvalue weighted by Gasteiger charge is 2.06. The van der Waals surface area contributed by atoms with Gasteiger partial charge in [-0.2, -0.15) is 0 Å². The lowest BCUT2D eigenvalue weighted by Crippen LogP contribution is -2.08. The second-order valence-corrected chi connectivity index (χ2v) is 2.87. The van der Waals surface area contributed by atoms with E-state index in [1.165, 1.54) is 19.4 Å². The summed E-state index contributed by atoms with van der Waals surface area (Å²) in [4.78, 5) is 25.4. The first-order valence-electron chi connectivity index (χ1n) is 4.45. The fraction of sp³-hybridized carbons (Fsp3) is 0.182. The van der Waals surface area contributed by atoms with Crippen molar-refractivity contribution >= 4 is 11.9 Å². The third-order valence-electron chi connectivity index (χ3n) is 1.65. The van der Waals surface area contributed by atoms with E-state index in [9.17, 15) is 9.59 Å². The van der Waals surface area contributed by atoms with E-state index < -0.39 is 11.9 Å². The van der Waals surface area contributed by atoms with E-state index in [1.807, 2.05) is 0 Å². The molecule has 0 aliphatic heterocycles. The monoisotopic (exact) mass is 218 g/mol. The summed E-state index contributed by atoms with van der Waals surface area (Å²) in [5, 5.41) is 0. The molecule has 5 nitrogen and oxygen atoms in total. The predicted molar refractivity (Wildman–Crippen MR) is 56.3 cm³/mol. The van der Waals surface area contributed by atoms with Crippen molar-refractivity contribution in [1.29, 1.82) is 0 Å². The lowest BCUT2D eigenvalue weighted by molar-refractivity contribution is -0.117. The van der Waals surface area contributed by atoms with Crippen molar-refractivity contribution in [3.63, 3.8) is 0 Å². The Hall–Kier alpha value is -2.35. The van der Waals surface area contributed by atoms with E-state index in [1.54, 1.807) is 6.07 Å². The Bertz CT molecular complexity index is 472. The van der Waals surface area contributed by atoms with Gasteiger partial charge < -0.3 is 10.5 Å². The number of carbonyl (C=O) groups excluding carboxylic acids is 2. The summed E-state index contributed by atoms with van der Waals surface area (Å²) in [6, 6.07) is 3.11. The van der Waals surface area contributed by atoms with E-state index in [-0.39, 0.29) is 12.1 Å². The Morgan fingerprint density at radius 3 is 2.94 bits per heavy atom. The molecule has 0 aliphatic rings. The van der Waals surface area contributed by atoms with Gasteiger partial charge in [0.1, 0.15) is 5.69 Å². The quantitative estimate of drug-likeness (QED) is 0.563. The molecule has 0 saturated carbocycles. The summed E-state index contributed by atoms with van der Waals surface area (Å²) in [5.74, 6) is 4.26. The second kappa shape index (κ2) is 5.51. The van der Waals surface area contributed by atoms with Crippen LogP contribution >= 0.6 is 0 Å². The molecule has 1 aromatic rings. The third-order valence-corrected chi connectivity index (χ3v) is 1.65. The van der Waals surface area contributed by atoms with Crippen molar-refractivity contribution in [3.05, 3.63) is 29.6 Å². The number of carbonyl (C=O) groups is 2. The lowest BCUT2D eigenvalue weighted by Gasteiger charge is -1.97. The molecule has 0 unspecified atom stereocenters. The van der Waals surface area contributed by atoms with Crippen LogP contribution in [0.3, 0.4) is 0 Å². The number of hydrogen-bond donors (Lipinski definition) is 1. The maximum atomic E-state index is 11.1. The van der Waals surface area contributed by atoms with Crippen molar-refractivity contribution in [3.8, 4) is 11.8 Å². The molecule has 0 saturated heterocycles. The zero-order valence-electron chi connectivity index (χ0n) is 8.69.